The summed E-state index contributed by atoms with van der Waals surface area (Å²) in [6, 6.07) is 14.3. The molecule has 0 aliphatic carbocycles. The lowest BCUT2D eigenvalue weighted by Crippen LogP contribution is -2.13. The summed E-state index contributed by atoms with van der Waals surface area (Å²) < 4.78 is 15.0. The van der Waals surface area contributed by atoms with Gasteiger partial charge in [0, 0.05) is 17.5 Å². The maximum Gasteiger partial charge on any atom is 0.236 e. The molecule has 0 aliphatic heterocycles. The summed E-state index contributed by atoms with van der Waals surface area (Å²) in [5, 5.41) is 3.40. The summed E-state index contributed by atoms with van der Waals surface area (Å²) in [6.07, 6.45) is 2.40. The summed E-state index contributed by atoms with van der Waals surface area (Å²) in [6.45, 7) is 0. The van der Waals surface area contributed by atoms with Crippen molar-refractivity contribution in [3.8, 4) is 0 Å². The Balaban J connectivity index is 1.31. The zero-order chi connectivity index (χ0) is 18.6. The number of benzene rings is 2. The highest BCUT2D eigenvalue weighted by Gasteiger charge is 2.10. The lowest BCUT2D eigenvalue weighted by Gasteiger charge is -2.00. The molecule has 0 radical (unpaired) electrons. The van der Waals surface area contributed by atoms with Crippen LogP contribution in [0.1, 0.15) is 10.4 Å². The van der Waals surface area contributed by atoms with E-state index in [4.69, 9.17) is 0 Å². The average molecular weight is 416 g/mol. The Bertz CT molecular complexity index is 1040. The predicted molar refractivity (Wildman–Crippen MR) is 110 cm³/mol. The first-order valence-electron chi connectivity index (χ1n) is 8.13. The molecule has 0 saturated carbocycles. The first-order valence-corrected chi connectivity index (χ1v) is 10.7. The zero-order valence-electron chi connectivity index (χ0n) is 14.0. The number of fused-ring (bicyclic) bond motifs is 1. The number of carbonyl (C=O) groups excluding carboxylic acids is 1. The van der Waals surface area contributed by atoms with Crippen molar-refractivity contribution in [2.45, 2.75) is 10.8 Å². The minimum atomic E-state index is -0.248. The Labute approximate surface area is 167 Å². The van der Waals surface area contributed by atoms with Crippen LogP contribution in [0, 0.1) is 5.82 Å². The average Bonchev–Trinajstić information content (AvgIpc) is 3.28. The molecular formula is C19H14FN3OS3. The molecule has 0 spiro atoms. The number of thioether (sulfide) groups is 1. The van der Waals surface area contributed by atoms with Crippen molar-refractivity contribution < 1.29 is 9.18 Å². The van der Waals surface area contributed by atoms with Gasteiger partial charge >= 0.3 is 0 Å². The Hall–Kier alpha value is -2.29. The highest BCUT2D eigenvalue weighted by molar-refractivity contribution is 8.01. The molecule has 2 heterocycles. The van der Waals surface area contributed by atoms with Crippen LogP contribution in [0.5, 0.6) is 0 Å². The highest BCUT2D eigenvalue weighted by Crippen LogP contribution is 2.29. The van der Waals surface area contributed by atoms with E-state index in [-0.39, 0.29) is 17.5 Å². The van der Waals surface area contributed by atoms with Gasteiger partial charge in [-0.15, -0.1) is 22.7 Å². The van der Waals surface area contributed by atoms with Crippen molar-refractivity contribution in [2.24, 2.45) is 0 Å². The molecule has 8 heteroatoms. The standard InChI is InChI=1S/C19H14FN3OS3/c20-13-7-5-12(6-8-13)9-14-10-21-18(26-14)23-17(24)11-25-19-22-15-3-1-2-4-16(15)27-19/h1-8,10H,9,11H2,(H,21,23,24). The second-order valence-electron chi connectivity index (χ2n) is 5.72. The third kappa shape index (κ3) is 4.71. The first kappa shape index (κ1) is 18.1. The van der Waals surface area contributed by atoms with E-state index >= 15 is 0 Å². The van der Waals surface area contributed by atoms with Gasteiger partial charge in [-0.05, 0) is 29.8 Å². The Morgan fingerprint density at radius 1 is 1.11 bits per heavy atom. The zero-order valence-corrected chi connectivity index (χ0v) is 16.5. The molecule has 0 saturated heterocycles. The molecule has 0 fully saturated rings. The van der Waals surface area contributed by atoms with Crippen molar-refractivity contribution in [1.29, 1.82) is 0 Å². The van der Waals surface area contributed by atoms with Crippen LogP contribution >= 0.6 is 34.4 Å². The van der Waals surface area contributed by atoms with Crippen LogP contribution in [0.3, 0.4) is 0 Å². The van der Waals surface area contributed by atoms with Gasteiger partial charge < -0.3 is 5.32 Å². The van der Waals surface area contributed by atoms with E-state index in [1.165, 1.54) is 35.2 Å². The SMILES string of the molecule is O=C(CSc1nc2ccccc2s1)Nc1ncc(Cc2ccc(F)cc2)s1. The Morgan fingerprint density at radius 2 is 1.93 bits per heavy atom. The van der Waals surface area contributed by atoms with Crippen LogP contribution in [0.4, 0.5) is 9.52 Å². The number of nitrogens with one attached hydrogen (secondary N) is 1. The minimum absolute atomic E-state index is 0.109. The number of aromatic nitrogens is 2. The lowest BCUT2D eigenvalue weighted by molar-refractivity contribution is -0.113. The second kappa shape index (κ2) is 8.16. The number of carbonyl (C=O) groups is 1. The van der Waals surface area contributed by atoms with E-state index in [1.54, 1.807) is 29.7 Å². The summed E-state index contributed by atoms with van der Waals surface area (Å²) in [5.74, 6) is -0.0734. The summed E-state index contributed by atoms with van der Waals surface area (Å²) in [5.41, 5.74) is 1.96. The maximum absolute atomic E-state index is 13.0. The van der Waals surface area contributed by atoms with Gasteiger partial charge in [-0.3, -0.25) is 4.79 Å². The van der Waals surface area contributed by atoms with Crippen LogP contribution in [0.2, 0.25) is 0 Å². The van der Waals surface area contributed by atoms with Crippen molar-refractivity contribution >= 4 is 55.7 Å². The van der Waals surface area contributed by atoms with Gasteiger partial charge in [-0.1, -0.05) is 36.0 Å². The van der Waals surface area contributed by atoms with Crippen molar-refractivity contribution in [2.75, 3.05) is 11.1 Å². The van der Waals surface area contributed by atoms with Gasteiger partial charge in [0.25, 0.3) is 0 Å². The van der Waals surface area contributed by atoms with Crippen LogP contribution < -0.4 is 5.32 Å². The van der Waals surface area contributed by atoms with Gasteiger partial charge in [0.1, 0.15) is 5.82 Å². The molecule has 1 amide bonds. The topological polar surface area (TPSA) is 54.9 Å². The van der Waals surface area contributed by atoms with Gasteiger partial charge in [-0.25, -0.2) is 14.4 Å². The highest BCUT2D eigenvalue weighted by atomic mass is 32.2. The largest absolute Gasteiger partial charge is 0.301 e. The molecule has 4 aromatic rings. The molecule has 0 aliphatic rings. The fourth-order valence-corrected chi connectivity index (χ4v) is 5.18. The molecule has 0 atom stereocenters. The first-order chi connectivity index (χ1) is 13.2. The molecule has 4 rings (SSSR count). The normalized spacial score (nSPS) is 11.0. The summed E-state index contributed by atoms with van der Waals surface area (Å²) in [4.78, 5) is 21.9. The number of hydrogen-bond acceptors (Lipinski definition) is 6. The number of anilines is 1. The molecule has 136 valence electrons. The molecule has 1 N–H and O–H groups in total. The third-order valence-electron chi connectivity index (χ3n) is 3.69. The van der Waals surface area contributed by atoms with E-state index in [0.29, 0.717) is 11.6 Å². The summed E-state index contributed by atoms with van der Waals surface area (Å²) >= 11 is 4.43. The molecule has 2 aromatic carbocycles. The monoisotopic (exact) mass is 415 g/mol. The number of amides is 1. The number of thiazole rings is 2. The van der Waals surface area contributed by atoms with Crippen molar-refractivity contribution in [3.63, 3.8) is 0 Å². The Kier molecular flexibility index (Phi) is 5.47. The molecule has 4 nitrogen and oxygen atoms in total. The summed E-state index contributed by atoms with van der Waals surface area (Å²) in [7, 11) is 0. The van der Waals surface area contributed by atoms with Crippen LogP contribution in [0.25, 0.3) is 10.2 Å². The predicted octanol–water partition coefficient (Wildman–Crippen LogP) is 5.21. The smallest absolute Gasteiger partial charge is 0.236 e. The fourth-order valence-electron chi connectivity index (χ4n) is 2.45. The molecule has 0 bridgehead atoms. The van der Waals surface area contributed by atoms with Crippen LogP contribution in [0.15, 0.2) is 59.1 Å². The lowest BCUT2D eigenvalue weighted by atomic mass is 10.1. The quantitative estimate of drug-likeness (QED) is 0.439. The van der Waals surface area contributed by atoms with E-state index in [0.717, 1.165) is 25.0 Å². The van der Waals surface area contributed by atoms with E-state index in [1.807, 2.05) is 24.3 Å². The third-order valence-corrected chi connectivity index (χ3v) is 6.78. The number of rotatable bonds is 6. The molecule has 27 heavy (non-hydrogen) atoms. The van der Waals surface area contributed by atoms with Gasteiger partial charge in [0.15, 0.2) is 9.47 Å². The van der Waals surface area contributed by atoms with E-state index in [9.17, 15) is 9.18 Å². The second-order valence-corrected chi connectivity index (χ2v) is 9.09. The number of nitrogens with zero attached hydrogens (tertiary/aromatic N) is 2. The van der Waals surface area contributed by atoms with Gasteiger partial charge in [0.2, 0.25) is 5.91 Å². The number of hydrogen-bond donors (Lipinski definition) is 1. The number of para-hydroxylation sites is 1. The van der Waals surface area contributed by atoms with Crippen molar-refractivity contribution in [1.82, 2.24) is 9.97 Å². The number of halogens is 1. The van der Waals surface area contributed by atoms with E-state index in [2.05, 4.69) is 15.3 Å². The maximum atomic E-state index is 13.0. The van der Waals surface area contributed by atoms with Gasteiger partial charge in [-0.2, -0.15) is 0 Å². The van der Waals surface area contributed by atoms with Crippen molar-refractivity contribution in [3.05, 3.63) is 71.0 Å². The van der Waals surface area contributed by atoms with Crippen LogP contribution in [-0.2, 0) is 11.2 Å². The molecule has 0 unspecified atom stereocenters. The fraction of sp³-hybridized carbons (Fsp3) is 0.105. The Morgan fingerprint density at radius 3 is 2.74 bits per heavy atom. The molecular weight excluding hydrogens is 401 g/mol. The molecule has 2 aromatic heterocycles. The van der Waals surface area contributed by atoms with Gasteiger partial charge in [0.05, 0.1) is 16.0 Å². The van der Waals surface area contributed by atoms with Crippen LogP contribution in [-0.4, -0.2) is 21.6 Å². The minimum Gasteiger partial charge on any atom is -0.301 e. The van der Waals surface area contributed by atoms with E-state index < -0.39 is 0 Å².